The number of nitrogen functional groups attached to an aromatic ring is 1. The van der Waals surface area contributed by atoms with E-state index in [1.165, 1.54) is 13.2 Å². The maximum atomic E-state index is 13.8. The molecule has 4 nitrogen and oxygen atoms in total. The van der Waals surface area contributed by atoms with Crippen molar-refractivity contribution in [3.8, 4) is 5.75 Å². The summed E-state index contributed by atoms with van der Waals surface area (Å²) in [4.78, 5) is 4.29. The van der Waals surface area contributed by atoms with Crippen LogP contribution in [0.1, 0.15) is 41.0 Å². The van der Waals surface area contributed by atoms with Gasteiger partial charge in [-0.1, -0.05) is 20.8 Å². The summed E-state index contributed by atoms with van der Waals surface area (Å²) in [5.41, 5.74) is 7.33. The molecule has 1 aromatic carbocycles. The first-order valence-corrected chi connectivity index (χ1v) is 7.07. The van der Waals surface area contributed by atoms with Gasteiger partial charge >= 0.3 is 0 Å². The minimum absolute atomic E-state index is 0.136. The summed E-state index contributed by atoms with van der Waals surface area (Å²) in [5.74, 6) is 0.172. The van der Waals surface area contributed by atoms with Crippen molar-refractivity contribution >= 4 is 17.0 Å². The van der Waals surface area contributed by atoms with E-state index < -0.39 is 5.82 Å². The number of hydrogen-bond donors (Lipinski definition) is 1. The Bertz CT molecular complexity index is 668. The van der Waals surface area contributed by atoms with Crippen LogP contribution in [0.25, 0.3) is 11.0 Å². The van der Waals surface area contributed by atoms with Crippen LogP contribution in [0, 0.1) is 11.2 Å². The van der Waals surface area contributed by atoms with Crippen LogP contribution in [0.4, 0.5) is 10.3 Å². The molecule has 0 aliphatic heterocycles. The molecule has 0 atom stereocenters. The third kappa shape index (κ3) is 2.96. The highest BCUT2D eigenvalue weighted by Gasteiger charge is 2.30. The van der Waals surface area contributed by atoms with E-state index >= 15 is 0 Å². The number of methoxy groups -OCH3 is 1. The lowest BCUT2D eigenvalue weighted by atomic mass is 9.81. The number of anilines is 1. The zero-order valence-electron chi connectivity index (χ0n) is 13.6. The van der Waals surface area contributed by atoms with Crippen LogP contribution >= 0.6 is 0 Å². The van der Waals surface area contributed by atoms with Crippen LogP contribution in [0.3, 0.4) is 0 Å². The van der Waals surface area contributed by atoms with Crippen LogP contribution in [0.5, 0.6) is 5.75 Å². The number of halogens is 1. The summed E-state index contributed by atoms with van der Waals surface area (Å²) in [6.45, 7) is 10.8. The summed E-state index contributed by atoms with van der Waals surface area (Å²) in [7, 11) is 1.45. The van der Waals surface area contributed by atoms with Gasteiger partial charge in [-0.3, -0.25) is 0 Å². The first-order chi connectivity index (χ1) is 9.55. The second kappa shape index (κ2) is 4.90. The normalized spacial score (nSPS) is 12.9. The fourth-order valence-corrected chi connectivity index (χ4v) is 3.27. The molecule has 2 rings (SSSR count). The first kappa shape index (κ1) is 15.6. The highest BCUT2D eigenvalue weighted by Crippen LogP contribution is 2.37. The van der Waals surface area contributed by atoms with E-state index in [-0.39, 0.29) is 16.7 Å². The molecule has 0 radical (unpaired) electrons. The molecule has 21 heavy (non-hydrogen) atoms. The van der Waals surface area contributed by atoms with E-state index in [4.69, 9.17) is 10.5 Å². The van der Waals surface area contributed by atoms with Gasteiger partial charge in [0.25, 0.3) is 0 Å². The van der Waals surface area contributed by atoms with Crippen molar-refractivity contribution in [2.75, 3.05) is 12.8 Å². The summed E-state index contributed by atoms with van der Waals surface area (Å²) in [6.07, 6.45) is 0.912. The first-order valence-electron chi connectivity index (χ1n) is 7.07. The molecule has 5 heteroatoms. The third-order valence-corrected chi connectivity index (χ3v) is 3.52. The Morgan fingerprint density at radius 1 is 1.24 bits per heavy atom. The number of fused-ring (bicyclic) bond motifs is 1. The van der Waals surface area contributed by atoms with Crippen LogP contribution in [0.2, 0.25) is 0 Å². The molecule has 0 fully saturated rings. The Labute approximate surface area is 125 Å². The van der Waals surface area contributed by atoms with Crippen molar-refractivity contribution in [2.45, 2.75) is 46.6 Å². The zero-order valence-corrected chi connectivity index (χ0v) is 13.6. The van der Waals surface area contributed by atoms with Gasteiger partial charge in [-0.05, 0) is 25.7 Å². The largest absolute Gasteiger partial charge is 0.494 e. The molecular formula is C16H24FN3O. The smallest absolute Gasteiger partial charge is 0.201 e. The van der Waals surface area contributed by atoms with Gasteiger partial charge in [0.05, 0.1) is 18.1 Å². The molecular weight excluding hydrogens is 269 g/mol. The number of benzene rings is 1. The summed E-state index contributed by atoms with van der Waals surface area (Å²) in [6, 6.07) is 3.03. The molecule has 0 amide bonds. The van der Waals surface area contributed by atoms with Crippen LogP contribution in [-0.4, -0.2) is 16.7 Å². The number of hydrogen-bond acceptors (Lipinski definition) is 3. The molecule has 0 bridgehead atoms. The van der Waals surface area contributed by atoms with E-state index in [1.54, 1.807) is 6.07 Å². The Hall–Kier alpha value is -1.78. The minimum Gasteiger partial charge on any atom is -0.494 e. The van der Waals surface area contributed by atoms with Gasteiger partial charge in [0, 0.05) is 17.7 Å². The molecule has 2 aromatic rings. The molecule has 116 valence electrons. The van der Waals surface area contributed by atoms with Crippen LogP contribution in [0.15, 0.2) is 12.1 Å². The highest BCUT2D eigenvalue weighted by molar-refractivity contribution is 5.80. The van der Waals surface area contributed by atoms with Crippen molar-refractivity contribution in [2.24, 2.45) is 5.41 Å². The van der Waals surface area contributed by atoms with Crippen molar-refractivity contribution in [3.63, 3.8) is 0 Å². The lowest BCUT2D eigenvalue weighted by molar-refractivity contribution is 0.222. The zero-order chi connectivity index (χ0) is 16.0. The number of nitrogens with zero attached hydrogens (tertiary/aromatic N) is 2. The average Bonchev–Trinajstić information content (AvgIpc) is 2.60. The molecule has 2 N–H and O–H groups in total. The number of imidazole rings is 1. The van der Waals surface area contributed by atoms with Gasteiger partial charge in [-0.2, -0.15) is 0 Å². The topological polar surface area (TPSA) is 53.1 Å². The predicted octanol–water partition coefficient (Wildman–Crippen LogP) is 3.94. The van der Waals surface area contributed by atoms with Crippen LogP contribution in [-0.2, 0) is 5.54 Å². The number of aromatic nitrogens is 2. The van der Waals surface area contributed by atoms with Crippen molar-refractivity contribution in [3.05, 3.63) is 17.9 Å². The van der Waals surface area contributed by atoms with Crippen molar-refractivity contribution in [1.29, 1.82) is 0 Å². The van der Waals surface area contributed by atoms with Gasteiger partial charge < -0.3 is 15.0 Å². The number of rotatable bonds is 3. The lowest BCUT2D eigenvalue weighted by Crippen LogP contribution is -2.32. The Balaban J connectivity index is 2.65. The second-order valence-corrected chi connectivity index (χ2v) is 7.33. The van der Waals surface area contributed by atoms with Crippen molar-refractivity contribution in [1.82, 2.24) is 9.55 Å². The third-order valence-electron chi connectivity index (χ3n) is 3.52. The highest BCUT2D eigenvalue weighted by atomic mass is 19.1. The van der Waals surface area contributed by atoms with E-state index in [2.05, 4.69) is 39.6 Å². The van der Waals surface area contributed by atoms with Crippen molar-refractivity contribution < 1.29 is 9.13 Å². The predicted molar refractivity (Wildman–Crippen MR) is 84.0 cm³/mol. The SMILES string of the molecule is COc1cc2c(cc1F)nc(N)n2C(C)(C)CC(C)(C)C. The monoisotopic (exact) mass is 293 g/mol. The molecule has 0 aliphatic rings. The number of ether oxygens (including phenoxy) is 1. The van der Waals surface area contributed by atoms with Crippen LogP contribution < -0.4 is 10.5 Å². The van der Waals surface area contributed by atoms with Gasteiger partial charge in [0.1, 0.15) is 0 Å². The Kier molecular flexibility index (Phi) is 3.64. The molecule has 1 aromatic heterocycles. The van der Waals surface area contributed by atoms with E-state index in [0.717, 1.165) is 11.9 Å². The second-order valence-electron chi connectivity index (χ2n) is 7.33. The standard InChI is InChI=1S/C16H24FN3O/c1-15(2,3)9-16(4,5)20-12-8-13(21-6)10(17)7-11(12)19-14(20)18/h7-8H,9H2,1-6H3,(H2,18,19). The average molecular weight is 293 g/mol. The molecule has 0 spiro atoms. The maximum Gasteiger partial charge on any atom is 0.201 e. The summed E-state index contributed by atoms with van der Waals surface area (Å²) in [5, 5.41) is 0. The fraction of sp³-hybridized carbons (Fsp3) is 0.562. The quantitative estimate of drug-likeness (QED) is 0.932. The van der Waals surface area contributed by atoms with Gasteiger partial charge in [-0.25, -0.2) is 9.37 Å². The van der Waals surface area contributed by atoms with Gasteiger partial charge in [0.2, 0.25) is 5.95 Å². The minimum atomic E-state index is -0.428. The van der Waals surface area contributed by atoms with Gasteiger partial charge in [-0.15, -0.1) is 0 Å². The molecule has 0 saturated heterocycles. The fourth-order valence-electron chi connectivity index (χ4n) is 3.27. The van der Waals surface area contributed by atoms with Gasteiger partial charge in [0.15, 0.2) is 11.6 Å². The van der Waals surface area contributed by atoms with E-state index in [9.17, 15) is 4.39 Å². The summed E-state index contributed by atoms with van der Waals surface area (Å²) >= 11 is 0. The molecule has 0 aliphatic carbocycles. The van der Waals surface area contributed by atoms with E-state index in [1.807, 2.05) is 4.57 Å². The molecule has 1 heterocycles. The Morgan fingerprint density at radius 2 is 1.86 bits per heavy atom. The van der Waals surface area contributed by atoms with E-state index in [0.29, 0.717) is 11.5 Å². The number of nitrogens with two attached hydrogens (primary N) is 1. The molecule has 0 saturated carbocycles. The Morgan fingerprint density at radius 3 is 2.38 bits per heavy atom. The molecule has 0 unspecified atom stereocenters. The summed E-state index contributed by atoms with van der Waals surface area (Å²) < 4.78 is 20.9. The lowest BCUT2D eigenvalue weighted by Gasteiger charge is -2.34. The maximum absolute atomic E-state index is 13.8.